The number of nitrogens with zero attached hydrogens (tertiary/aromatic N) is 2. The summed E-state index contributed by atoms with van der Waals surface area (Å²) in [5.41, 5.74) is 0. The fourth-order valence-corrected chi connectivity index (χ4v) is 5.52. The van der Waals surface area contributed by atoms with Crippen LogP contribution >= 0.6 is 0 Å². The molecule has 0 amide bonds. The van der Waals surface area contributed by atoms with E-state index in [1.54, 1.807) is 0 Å². The third-order valence-electron chi connectivity index (χ3n) is 7.14. The van der Waals surface area contributed by atoms with Crippen LogP contribution in [0.25, 0.3) is 10.6 Å². The van der Waals surface area contributed by atoms with Gasteiger partial charge in [0, 0.05) is 11.9 Å². The Bertz CT molecular complexity index is 425. The van der Waals surface area contributed by atoms with E-state index >= 15 is 0 Å². The van der Waals surface area contributed by atoms with Crippen LogP contribution in [0.4, 0.5) is 0 Å². The maximum atomic E-state index is 8.89. The summed E-state index contributed by atoms with van der Waals surface area (Å²) >= 11 is 0. The van der Waals surface area contributed by atoms with Crippen LogP contribution in [-0.2, 0) is 30.0 Å². The van der Waals surface area contributed by atoms with Crippen LogP contribution in [0.1, 0.15) is 142 Å². The smallest absolute Gasteiger partial charge is 0.657 e. The van der Waals surface area contributed by atoms with E-state index in [4.69, 9.17) is 30.4 Å². The topological polar surface area (TPSA) is 108 Å². The van der Waals surface area contributed by atoms with Crippen LogP contribution in [-0.4, -0.2) is 36.1 Å². The van der Waals surface area contributed by atoms with Crippen molar-refractivity contribution < 1.29 is 40.2 Å². The summed E-state index contributed by atoms with van der Waals surface area (Å²) < 4.78 is 0. The van der Waals surface area contributed by atoms with E-state index in [-0.39, 0.29) is 20.4 Å². The monoisotopic (exact) mass is 584 g/mol. The fraction of sp³-hybridized carbons (Fsp3) is 0.929. The zero-order chi connectivity index (χ0) is 25.0. The molecule has 0 unspecified atom stereocenters. The molecule has 0 saturated heterocycles. The Kier molecular flexibility index (Phi) is 22.4. The summed E-state index contributed by atoms with van der Waals surface area (Å²) in [4.78, 5) is 17.8. The maximum Gasteiger partial charge on any atom is 2.00 e. The first-order valence-electron chi connectivity index (χ1n) is 14.1. The Morgan fingerprint density at radius 1 is 0.457 bits per heavy atom. The largest absolute Gasteiger partial charge is 2.00 e. The Balaban J connectivity index is 0.000000499. The van der Waals surface area contributed by atoms with Gasteiger partial charge in [-0.3, -0.25) is 0 Å². The molecule has 208 valence electrons. The van der Waals surface area contributed by atoms with Crippen molar-refractivity contribution in [2.24, 2.45) is 0 Å². The van der Waals surface area contributed by atoms with E-state index in [9.17, 15) is 0 Å². The minimum Gasteiger partial charge on any atom is -0.657 e. The standard InChI is InChI=1S/2C12H22N.2C2H4O2.Pd/c2*1-3-7-11(8-4-1)13-12-9-5-2-6-10-12;2*1-2(3)4;/h2*11-12H,1-10H2;2*1H3,(H,3,4);/q2*-1;;;+2/p-2. The second kappa shape index (κ2) is 22.7. The van der Waals surface area contributed by atoms with Gasteiger partial charge < -0.3 is 30.4 Å². The second-order valence-corrected chi connectivity index (χ2v) is 10.4. The molecule has 7 heteroatoms. The van der Waals surface area contributed by atoms with E-state index in [0.717, 1.165) is 38.0 Å². The van der Waals surface area contributed by atoms with Crippen molar-refractivity contribution in [2.75, 3.05) is 0 Å². The molecular formula is C28H50N2O4Pd-2. The van der Waals surface area contributed by atoms with Gasteiger partial charge in [-0.2, -0.15) is 0 Å². The van der Waals surface area contributed by atoms with Crippen molar-refractivity contribution in [2.45, 2.75) is 166 Å². The zero-order valence-electron chi connectivity index (χ0n) is 22.3. The minimum atomic E-state index is -1.08. The van der Waals surface area contributed by atoms with Crippen molar-refractivity contribution in [3.05, 3.63) is 10.6 Å². The molecule has 0 bridgehead atoms. The van der Waals surface area contributed by atoms with Crippen molar-refractivity contribution >= 4 is 11.9 Å². The summed E-state index contributed by atoms with van der Waals surface area (Å²) in [6, 6.07) is 2.99. The van der Waals surface area contributed by atoms with E-state index in [2.05, 4.69) is 0 Å². The molecule has 0 aromatic carbocycles. The summed E-state index contributed by atoms with van der Waals surface area (Å²) in [6.45, 7) is 1.94. The number of carboxylic acid groups (broad SMARTS) is 2. The van der Waals surface area contributed by atoms with Gasteiger partial charge in [-0.15, -0.1) is 24.2 Å². The molecule has 4 aliphatic carbocycles. The predicted octanol–water partition coefficient (Wildman–Crippen LogP) is 5.56. The average Bonchev–Trinajstić information content (AvgIpc) is 2.82. The molecule has 0 radical (unpaired) electrons. The van der Waals surface area contributed by atoms with Gasteiger partial charge in [0.25, 0.3) is 0 Å². The third-order valence-corrected chi connectivity index (χ3v) is 7.14. The first-order chi connectivity index (χ1) is 16.4. The van der Waals surface area contributed by atoms with Gasteiger partial charge in [0.2, 0.25) is 0 Å². The van der Waals surface area contributed by atoms with Gasteiger partial charge in [-0.1, -0.05) is 128 Å². The quantitative estimate of drug-likeness (QED) is 0.403. The van der Waals surface area contributed by atoms with Gasteiger partial charge in [0.15, 0.2) is 0 Å². The molecular weight excluding hydrogens is 535 g/mol. The first kappa shape index (κ1) is 34.5. The number of aliphatic carboxylic acids is 2. The summed E-state index contributed by atoms with van der Waals surface area (Å²) in [7, 11) is 0. The molecule has 0 heterocycles. The number of hydrogen-bond donors (Lipinski definition) is 0. The van der Waals surface area contributed by atoms with Gasteiger partial charge in [0.05, 0.1) is 0 Å². The van der Waals surface area contributed by atoms with Crippen molar-refractivity contribution in [1.29, 1.82) is 0 Å². The van der Waals surface area contributed by atoms with Crippen LogP contribution in [0.3, 0.4) is 0 Å². The number of hydrogen-bond acceptors (Lipinski definition) is 4. The number of carbonyl (C=O) groups excluding carboxylic acids is 2. The summed E-state index contributed by atoms with van der Waals surface area (Å²) in [6.07, 6.45) is 28.4. The third kappa shape index (κ3) is 21.3. The Morgan fingerprint density at radius 2 is 0.600 bits per heavy atom. The van der Waals surface area contributed by atoms with E-state index in [0.29, 0.717) is 0 Å². The molecule has 0 aliphatic heterocycles. The Labute approximate surface area is 228 Å². The van der Waals surface area contributed by atoms with Gasteiger partial charge in [-0.25, -0.2) is 0 Å². The molecule has 0 aromatic rings. The van der Waals surface area contributed by atoms with Crippen LogP contribution < -0.4 is 10.2 Å². The van der Waals surface area contributed by atoms with Gasteiger partial charge >= 0.3 is 20.4 Å². The van der Waals surface area contributed by atoms with Crippen LogP contribution in [0, 0.1) is 0 Å². The van der Waals surface area contributed by atoms with Crippen molar-refractivity contribution in [3.8, 4) is 0 Å². The normalized spacial score (nSPS) is 22.0. The van der Waals surface area contributed by atoms with Crippen molar-refractivity contribution in [3.63, 3.8) is 0 Å². The SMILES string of the molecule is C1CCC([N-]C2CCCCC2)CC1.C1CCC([N-]C2CCCCC2)CC1.CC(=O)[O-].CC(=O)[O-].[Pd+2]. The van der Waals surface area contributed by atoms with E-state index < -0.39 is 11.9 Å². The predicted molar refractivity (Wildman–Crippen MR) is 136 cm³/mol. The zero-order valence-corrected chi connectivity index (χ0v) is 23.8. The molecule has 4 aliphatic rings. The fourth-order valence-electron chi connectivity index (χ4n) is 5.52. The molecule has 6 nitrogen and oxygen atoms in total. The maximum absolute atomic E-state index is 8.89. The van der Waals surface area contributed by atoms with Crippen LogP contribution in [0.2, 0.25) is 0 Å². The van der Waals surface area contributed by atoms with Gasteiger partial charge in [0.1, 0.15) is 0 Å². The van der Waals surface area contributed by atoms with Gasteiger partial charge in [-0.05, 0) is 13.8 Å². The molecule has 0 aromatic heterocycles. The van der Waals surface area contributed by atoms with Crippen LogP contribution in [0.5, 0.6) is 0 Å². The summed E-state index contributed by atoms with van der Waals surface area (Å²) in [5, 5.41) is 27.8. The molecule has 4 saturated carbocycles. The number of rotatable bonds is 4. The number of carboxylic acids is 2. The van der Waals surface area contributed by atoms with Crippen LogP contribution in [0.15, 0.2) is 0 Å². The van der Waals surface area contributed by atoms with Crippen molar-refractivity contribution in [1.82, 2.24) is 0 Å². The second-order valence-electron chi connectivity index (χ2n) is 10.4. The molecule has 4 fully saturated rings. The molecule has 35 heavy (non-hydrogen) atoms. The molecule has 4 rings (SSSR count). The summed E-state index contributed by atoms with van der Waals surface area (Å²) in [5.74, 6) is -2.17. The average molecular weight is 585 g/mol. The Morgan fingerprint density at radius 3 is 0.743 bits per heavy atom. The van der Waals surface area contributed by atoms with E-state index in [1.807, 2.05) is 0 Å². The minimum absolute atomic E-state index is 0. The molecule has 0 N–H and O–H groups in total. The first-order valence-corrected chi connectivity index (χ1v) is 14.1. The molecule has 0 spiro atoms. The Hall–Kier alpha value is -0.478. The molecule has 0 atom stereocenters. The van der Waals surface area contributed by atoms with E-state index in [1.165, 1.54) is 128 Å². The number of carbonyl (C=O) groups is 2.